The molecule has 98 valence electrons. The Balaban J connectivity index is 2.20. The van der Waals surface area contributed by atoms with Crippen molar-refractivity contribution < 1.29 is 9.53 Å². The summed E-state index contributed by atoms with van der Waals surface area (Å²) in [5.41, 5.74) is 7.75. The minimum Gasteiger partial charge on any atom is -0.465 e. The SMILES string of the molecule is COC(=O)c1cccc(NC2CCCC2C)c1N. The Hall–Kier alpha value is -1.71. The van der Waals surface area contributed by atoms with Crippen LogP contribution in [0.25, 0.3) is 0 Å². The normalized spacial score (nSPS) is 22.8. The fourth-order valence-electron chi connectivity index (χ4n) is 2.54. The summed E-state index contributed by atoms with van der Waals surface area (Å²) in [6.45, 7) is 2.24. The van der Waals surface area contributed by atoms with Crippen LogP contribution in [0.3, 0.4) is 0 Å². The molecule has 0 aromatic heterocycles. The topological polar surface area (TPSA) is 64.3 Å². The van der Waals surface area contributed by atoms with Gasteiger partial charge in [0.15, 0.2) is 0 Å². The molecule has 18 heavy (non-hydrogen) atoms. The van der Waals surface area contributed by atoms with E-state index in [1.165, 1.54) is 20.0 Å². The van der Waals surface area contributed by atoms with E-state index in [0.717, 1.165) is 12.1 Å². The van der Waals surface area contributed by atoms with Crippen molar-refractivity contribution in [2.75, 3.05) is 18.2 Å². The number of carbonyl (C=O) groups excluding carboxylic acids is 1. The molecule has 1 fully saturated rings. The molecule has 3 N–H and O–H groups in total. The number of anilines is 2. The van der Waals surface area contributed by atoms with Gasteiger partial charge in [-0.2, -0.15) is 0 Å². The zero-order valence-corrected chi connectivity index (χ0v) is 10.9. The standard InChI is InChI=1S/C14H20N2O2/c1-9-5-3-7-11(9)16-12-8-4-6-10(13(12)15)14(17)18-2/h4,6,8-9,11,16H,3,5,7,15H2,1-2H3. The van der Waals surface area contributed by atoms with Gasteiger partial charge in [0.2, 0.25) is 0 Å². The lowest BCUT2D eigenvalue weighted by Crippen LogP contribution is -2.23. The predicted octanol–water partition coefficient (Wildman–Crippen LogP) is 2.66. The molecule has 0 bridgehead atoms. The first-order valence-corrected chi connectivity index (χ1v) is 6.37. The highest BCUT2D eigenvalue weighted by atomic mass is 16.5. The highest BCUT2D eigenvalue weighted by Crippen LogP contribution is 2.31. The van der Waals surface area contributed by atoms with Gasteiger partial charge in [0.25, 0.3) is 0 Å². The first kappa shape index (κ1) is 12.7. The molecule has 0 saturated heterocycles. The van der Waals surface area contributed by atoms with Crippen LogP contribution in [-0.2, 0) is 4.74 Å². The molecule has 0 amide bonds. The maximum absolute atomic E-state index is 11.6. The van der Waals surface area contributed by atoms with E-state index in [1.807, 2.05) is 12.1 Å². The largest absolute Gasteiger partial charge is 0.465 e. The number of rotatable bonds is 3. The smallest absolute Gasteiger partial charge is 0.340 e. The van der Waals surface area contributed by atoms with E-state index in [0.29, 0.717) is 23.2 Å². The van der Waals surface area contributed by atoms with Gasteiger partial charge in [-0.05, 0) is 30.9 Å². The van der Waals surface area contributed by atoms with E-state index in [1.54, 1.807) is 6.07 Å². The van der Waals surface area contributed by atoms with Crippen molar-refractivity contribution in [3.8, 4) is 0 Å². The van der Waals surface area contributed by atoms with Crippen molar-refractivity contribution in [3.63, 3.8) is 0 Å². The number of hydrogen-bond acceptors (Lipinski definition) is 4. The van der Waals surface area contributed by atoms with E-state index < -0.39 is 5.97 Å². The minimum absolute atomic E-state index is 0.393. The van der Waals surface area contributed by atoms with Crippen LogP contribution < -0.4 is 11.1 Å². The van der Waals surface area contributed by atoms with Crippen molar-refractivity contribution in [1.29, 1.82) is 0 Å². The van der Waals surface area contributed by atoms with Gasteiger partial charge in [0, 0.05) is 6.04 Å². The van der Waals surface area contributed by atoms with Crippen LogP contribution in [0.4, 0.5) is 11.4 Å². The summed E-state index contributed by atoms with van der Waals surface area (Å²) in [6.07, 6.45) is 3.65. The Kier molecular flexibility index (Phi) is 3.75. The third kappa shape index (κ3) is 2.42. The Labute approximate surface area is 108 Å². The molecule has 0 heterocycles. The van der Waals surface area contributed by atoms with Gasteiger partial charge in [0.1, 0.15) is 0 Å². The number of nitrogens with one attached hydrogen (secondary N) is 1. The molecular formula is C14H20N2O2. The van der Waals surface area contributed by atoms with Crippen LogP contribution in [0.2, 0.25) is 0 Å². The second-order valence-electron chi connectivity index (χ2n) is 4.92. The van der Waals surface area contributed by atoms with Crippen molar-refractivity contribution in [2.45, 2.75) is 32.2 Å². The van der Waals surface area contributed by atoms with Crippen molar-refractivity contribution in [2.24, 2.45) is 5.92 Å². The van der Waals surface area contributed by atoms with Gasteiger partial charge >= 0.3 is 5.97 Å². The van der Waals surface area contributed by atoms with Crippen LogP contribution in [0, 0.1) is 5.92 Å². The summed E-state index contributed by atoms with van der Waals surface area (Å²) in [5.74, 6) is 0.252. The third-order valence-corrected chi connectivity index (χ3v) is 3.71. The zero-order chi connectivity index (χ0) is 13.1. The third-order valence-electron chi connectivity index (χ3n) is 3.71. The number of benzene rings is 1. The zero-order valence-electron chi connectivity index (χ0n) is 10.9. The Bertz CT molecular complexity index is 445. The molecule has 2 unspecified atom stereocenters. The van der Waals surface area contributed by atoms with E-state index >= 15 is 0 Å². The van der Waals surface area contributed by atoms with E-state index in [9.17, 15) is 4.79 Å². The number of esters is 1. The Morgan fingerprint density at radius 1 is 1.44 bits per heavy atom. The average molecular weight is 248 g/mol. The van der Waals surface area contributed by atoms with Gasteiger partial charge in [-0.3, -0.25) is 0 Å². The number of nitrogen functional groups attached to an aromatic ring is 1. The van der Waals surface area contributed by atoms with Crippen molar-refractivity contribution in [3.05, 3.63) is 23.8 Å². The quantitative estimate of drug-likeness (QED) is 0.637. The summed E-state index contributed by atoms with van der Waals surface area (Å²) in [4.78, 5) is 11.6. The van der Waals surface area contributed by atoms with E-state index in [4.69, 9.17) is 10.5 Å². The van der Waals surface area contributed by atoms with Crippen molar-refractivity contribution in [1.82, 2.24) is 0 Å². The summed E-state index contributed by atoms with van der Waals surface area (Å²) >= 11 is 0. The number of hydrogen-bond donors (Lipinski definition) is 2. The molecule has 1 aromatic carbocycles. The molecule has 1 aromatic rings. The van der Waals surface area contributed by atoms with E-state index in [-0.39, 0.29) is 0 Å². The van der Waals surface area contributed by atoms with Gasteiger partial charge < -0.3 is 15.8 Å². The highest BCUT2D eigenvalue weighted by Gasteiger charge is 2.24. The second-order valence-corrected chi connectivity index (χ2v) is 4.92. The number of ether oxygens (including phenoxy) is 1. The van der Waals surface area contributed by atoms with Gasteiger partial charge in [-0.25, -0.2) is 4.79 Å². The fraction of sp³-hybridized carbons (Fsp3) is 0.500. The molecule has 0 aliphatic heterocycles. The molecule has 4 nitrogen and oxygen atoms in total. The van der Waals surface area contributed by atoms with Crippen LogP contribution in [0.1, 0.15) is 36.5 Å². The summed E-state index contributed by atoms with van der Waals surface area (Å²) in [5, 5.41) is 3.45. The molecule has 2 atom stereocenters. The predicted molar refractivity (Wildman–Crippen MR) is 72.6 cm³/mol. The Morgan fingerprint density at radius 2 is 2.22 bits per heavy atom. The maximum atomic E-state index is 11.6. The van der Waals surface area contributed by atoms with Gasteiger partial charge in [-0.1, -0.05) is 19.4 Å². The summed E-state index contributed by atoms with van der Waals surface area (Å²) in [6, 6.07) is 5.86. The lowest BCUT2D eigenvalue weighted by atomic mass is 10.1. The fourth-order valence-corrected chi connectivity index (χ4v) is 2.54. The molecule has 4 heteroatoms. The molecule has 1 aliphatic carbocycles. The first-order chi connectivity index (χ1) is 8.63. The van der Waals surface area contributed by atoms with Crippen LogP contribution in [0.15, 0.2) is 18.2 Å². The molecule has 0 radical (unpaired) electrons. The molecule has 2 rings (SSSR count). The van der Waals surface area contributed by atoms with Gasteiger partial charge in [0.05, 0.1) is 24.0 Å². The molecule has 1 saturated carbocycles. The number of nitrogens with two attached hydrogens (primary N) is 1. The monoisotopic (exact) mass is 248 g/mol. The lowest BCUT2D eigenvalue weighted by Gasteiger charge is -2.20. The van der Waals surface area contributed by atoms with Crippen LogP contribution in [0.5, 0.6) is 0 Å². The first-order valence-electron chi connectivity index (χ1n) is 6.37. The lowest BCUT2D eigenvalue weighted by molar-refractivity contribution is 0.0602. The molecule has 0 spiro atoms. The van der Waals surface area contributed by atoms with Crippen LogP contribution >= 0.6 is 0 Å². The van der Waals surface area contributed by atoms with E-state index in [2.05, 4.69) is 12.2 Å². The maximum Gasteiger partial charge on any atom is 0.340 e. The Morgan fingerprint density at radius 3 is 2.83 bits per heavy atom. The summed E-state index contributed by atoms with van der Waals surface area (Å²) in [7, 11) is 1.36. The summed E-state index contributed by atoms with van der Waals surface area (Å²) < 4.78 is 4.72. The van der Waals surface area contributed by atoms with Crippen molar-refractivity contribution >= 4 is 17.3 Å². The number of methoxy groups -OCH3 is 1. The second kappa shape index (κ2) is 5.29. The highest BCUT2D eigenvalue weighted by molar-refractivity contribution is 5.98. The minimum atomic E-state index is -0.393. The molecule has 1 aliphatic rings. The molecular weight excluding hydrogens is 228 g/mol. The average Bonchev–Trinajstić information content (AvgIpc) is 2.77. The number of carbonyl (C=O) groups is 1. The van der Waals surface area contributed by atoms with Crippen LogP contribution in [-0.4, -0.2) is 19.1 Å². The van der Waals surface area contributed by atoms with Gasteiger partial charge in [-0.15, -0.1) is 0 Å². The number of para-hydroxylation sites is 1.